The standard InChI is InChI=1S/C23H30ClN5O2/c24-19-8-6-18(7-9-19)20-16-21-23(31)28(14-15-29(21)26-20)17-22(30)25-10-5-13-27-11-3-1-2-4-12-27/h6-9,16H,1-5,10-15,17H2,(H,25,30). The summed E-state index contributed by atoms with van der Waals surface area (Å²) in [5, 5.41) is 8.18. The van der Waals surface area contributed by atoms with Gasteiger partial charge in [-0.25, -0.2) is 0 Å². The fraction of sp³-hybridized carbons (Fsp3) is 0.522. The van der Waals surface area contributed by atoms with Crippen LogP contribution >= 0.6 is 11.6 Å². The smallest absolute Gasteiger partial charge is 0.272 e. The zero-order chi connectivity index (χ0) is 21.6. The van der Waals surface area contributed by atoms with Crippen LogP contribution in [0.5, 0.6) is 0 Å². The van der Waals surface area contributed by atoms with Crippen LogP contribution in [0.2, 0.25) is 5.02 Å². The van der Waals surface area contributed by atoms with Crippen LogP contribution in [-0.4, -0.2) is 70.7 Å². The molecule has 2 amide bonds. The van der Waals surface area contributed by atoms with Crippen LogP contribution in [0.1, 0.15) is 42.6 Å². The van der Waals surface area contributed by atoms with Gasteiger partial charge in [0.25, 0.3) is 5.91 Å². The first-order chi connectivity index (χ1) is 15.1. The lowest BCUT2D eigenvalue weighted by Gasteiger charge is -2.26. The van der Waals surface area contributed by atoms with Crippen LogP contribution in [-0.2, 0) is 11.3 Å². The number of rotatable bonds is 7. The fourth-order valence-electron chi connectivity index (χ4n) is 4.27. The van der Waals surface area contributed by atoms with E-state index in [1.165, 1.54) is 38.8 Å². The molecule has 7 nitrogen and oxygen atoms in total. The van der Waals surface area contributed by atoms with Crippen molar-refractivity contribution in [2.45, 2.75) is 38.6 Å². The van der Waals surface area contributed by atoms with E-state index >= 15 is 0 Å². The molecule has 1 aromatic carbocycles. The molecule has 0 atom stereocenters. The average molecular weight is 444 g/mol. The number of nitrogens with zero attached hydrogens (tertiary/aromatic N) is 4. The number of hydrogen-bond donors (Lipinski definition) is 1. The minimum Gasteiger partial charge on any atom is -0.355 e. The molecule has 0 spiro atoms. The molecule has 166 valence electrons. The van der Waals surface area contributed by atoms with Gasteiger partial charge in [0, 0.05) is 23.7 Å². The van der Waals surface area contributed by atoms with E-state index in [1.807, 2.05) is 12.1 Å². The molecular formula is C23H30ClN5O2. The third-order valence-electron chi connectivity index (χ3n) is 6.01. The molecule has 1 aromatic heterocycles. The zero-order valence-corrected chi connectivity index (χ0v) is 18.6. The van der Waals surface area contributed by atoms with Gasteiger partial charge in [0.05, 0.1) is 18.8 Å². The Morgan fingerprint density at radius 2 is 1.77 bits per heavy atom. The largest absolute Gasteiger partial charge is 0.355 e. The predicted molar refractivity (Wildman–Crippen MR) is 121 cm³/mol. The second-order valence-corrected chi connectivity index (χ2v) is 8.77. The van der Waals surface area contributed by atoms with Gasteiger partial charge in [0.2, 0.25) is 5.91 Å². The summed E-state index contributed by atoms with van der Waals surface area (Å²) in [6.07, 6.45) is 6.16. The van der Waals surface area contributed by atoms with Crippen molar-refractivity contribution < 1.29 is 9.59 Å². The summed E-state index contributed by atoms with van der Waals surface area (Å²) in [5.74, 6) is -0.256. The Kier molecular flexibility index (Phi) is 7.25. The minimum atomic E-state index is -0.154. The van der Waals surface area contributed by atoms with Crippen molar-refractivity contribution in [2.24, 2.45) is 0 Å². The Bertz CT molecular complexity index is 903. The van der Waals surface area contributed by atoms with Gasteiger partial charge in [-0.1, -0.05) is 36.6 Å². The molecule has 1 saturated heterocycles. The summed E-state index contributed by atoms with van der Waals surface area (Å²) in [5.41, 5.74) is 2.16. The number of fused-ring (bicyclic) bond motifs is 1. The highest BCUT2D eigenvalue weighted by Crippen LogP contribution is 2.23. The molecule has 0 unspecified atom stereocenters. The fourth-order valence-corrected chi connectivity index (χ4v) is 4.40. The lowest BCUT2D eigenvalue weighted by atomic mass is 10.1. The Labute approximate surface area is 188 Å². The average Bonchev–Trinajstić information content (AvgIpc) is 3.03. The van der Waals surface area contributed by atoms with Crippen molar-refractivity contribution >= 4 is 23.4 Å². The van der Waals surface area contributed by atoms with Crippen molar-refractivity contribution in [1.82, 2.24) is 24.9 Å². The molecule has 2 aliphatic rings. The summed E-state index contributed by atoms with van der Waals surface area (Å²) >= 11 is 5.96. The van der Waals surface area contributed by atoms with Crippen molar-refractivity contribution in [3.8, 4) is 11.3 Å². The van der Waals surface area contributed by atoms with Gasteiger partial charge in [-0.2, -0.15) is 5.10 Å². The van der Waals surface area contributed by atoms with Gasteiger partial charge >= 0.3 is 0 Å². The number of carbonyl (C=O) groups excluding carboxylic acids is 2. The summed E-state index contributed by atoms with van der Waals surface area (Å²) in [4.78, 5) is 29.4. The number of likely N-dealkylation sites (tertiary alicyclic amines) is 1. The second kappa shape index (κ2) is 10.3. The molecule has 8 heteroatoms. The first-order valence-electron chi connectivity index (χ1n) is 11.2. The van der Waals surface area contributed by atoms with Crippen molar-refractivity contribution in [3.05, 3.63) is 41.0 Å². The molecule has 2 aliphatic heterocycles. The molecule has 0 saturated carbocycles. The Morgan fingerprint density at radius 1 is 1.03 bits per heavy atom. The van der Waals surface area contributed by atoms with E-state index in [9.17, 15) is 9.59 Å². The van der Waals surface area contributed by atoms with E-state index in [2.05, 4.69) is 15.3 Å². The summed E-state index contributed by atoms with van der Waals surface area (Å²) in [6, 6.07) is 9.17. The normalized spacial score (nSPS) is 17.3. The van der Waals surface area contributed by atoms with E-state index in [4.69, 9.17) is 11.6 Å². The van der Waals surface area contributed by atoms with Crippen molar-refractivity contribution in [1.29, 1.82) is 0 Å². The van der Waals surface area contributed by atoms with Crippen LogP contribution in [0.25, 0.3) is 11.3 Å². The third kappa shape index (κ3) is 5.66. The highest BCUT2D eigenvalue weighted by atomic mass is 35.5. The maximum atomic E-state index is 12.9. The topological polar surface area (TPSA) is 70.5 Å². The molecule has 0 aliphatic carbocycles. The molecule has 1 fully saturated rings. The van der Waals surface area contributed by atoms with Crippen molar-refractivity contribution in [3.63, 3.8) is 0 Å². The molecule has 0 radical (unpaired) electrons. The van der Waals surface area contributed by atoms with Gasteiger partial charge in [-0.3, -0.25) is 14.3 Å². The number of aromatic nitrogens is 2. The first-order valence-corrected chi connectivity index (χ1v) is 11.6. The molecule has 31 heavy (non-hydrogen) atoms. The molecule has 1 N–H and O–H groups in total. The van der Waals surface area contributed by atoms with Gasteiger partial charge in [-0.05, 0) is 57.1 Å². The number of carbonyl (C=O) groups is 2. The molecule has 2 aromatic rings. The van der Waals surface area contributed by atoms with Crippen LogP contribution in [0.3, 0.4) is 0 Å². The predicted octanol–water partition coefficient (Wildman–Crippen LogP) is 3.04. The molecular weight excluding hydrogens is 414 g/mol. The van der Waals surface area contributed by atoms with E-state index < -0.39 is 0 Å². The van der Waals surface area contributed by atoms with E-state index in [-0.39, 0.29) is 18.4 Å². The lowest BCUT2D eigenvalue weighted by Crippen LogP contribution is -2.46. The van der Waals surface area contributed by atoms with Crippen LogP contribution in [0, 0.1) is 0 Å². The summed E-state index contributed by atoms with van der Waals surface area (Å²) in [7, 11) is 0. The third-order valence-corrected chi connectivity index (χ3v) is 6.27. The van der Waals surface area contributed by atoms with Gasteiger partial charge in [-0.15, -0.1) is 0 Å². The van der Waals surface area contributed by atoms with E-state index in [0.717, 1.165) is 24.2 Å². The van der Waals surface area contributed by atoms with Gasteiger partial charge in [0.15, 0.2) is 0 Å². The highest BCUT2D eigenvalue weighted by Gasteiger charge is 2.28. The molecule has 3 heterocycles. The van der Waals surface area contributed by atoms with E-state index in [0.29, 0.717) is 30.4 Å². The maximum Gasteiger partial charge on any atom is 0.272 e. The number of benzene rings is 1. The zero-order valence-electron chi connectivity index (χ0n) is 17.9. The first kappa shape index (κ1) is 21.8. The molecule has 0 bridgehead atoms. The van der Waals surface area contributed by atoms with Crippen LogP contribution < -0.4 is 5.32 Å². The Balaban J connectivity index is 1.26. The van der Waals surface area contributed by atoms with Gasteiger partial charge < -0.3 is 15.1 Å². The van der Waals surface area contributed by atoms with Crippen LogP contribution in [0.4, 0.5) is 0 Å². The van der Waals surface area contributed by atoms with Crippen LogP contribution in [0.15, 0.2) is 30.3 Å². The van der Waals surface area contributed by atoms with Gasteiger partial charge in [0.1, 0.15) is 5.69 Å². The maximum absolute atomic E-state index is 12.9. The highest BCUT2D eigenvalue weighted by molar-refractivity contribution is 6.30. The Morgan fingerprint density at radius 3 is 2.52 bits per heavy atom. The van der Waals surface area contributed by atoms with Crippen molar-refractivity contribution in [2.75, 3.05) is 39.3 Å². The Hall–Kier alpha value is -2.38. The lowest BCUT2D eigenvalue weighted by molar-refractivity contribution is -0.121. The second-order valence-electron chi connectivity index (χ2n) is 8.33. The minimum absolute atomic E-state index is 0.0873. The quantitative estimate of drug-likeness (QED) is 0.668. The summed E-state index contributed by atoms with van der Waals surface area (Å²) < 4.78 is 1.72. The number of hydrogen-bond acceptors (Lipinski definition) is 4. The molecule has 4 rings (SSSR count). The SMILES string of the molecule is O=C(CN1CCn2nc(-c3ccc(Cl)cc3)cc2C1=O)NCCCN1CCCCCC1. The summed E-state index contributed by atoms with van der Waals surface area (Å²) in [6.45, 7) is 5.16. The number of nitrogens with one attached hydrogen (secondary N) is 1. The monoisotopic (exact) mass is 443 g/mol. The van der Waals surface area contributed by atoms with E-state index in [1.54, 1.807) is 27.8 Å². The number of halogens is 1. The number of amides is 2.